The van der Waals surface area contributed by atoms with Gasteiger partial charge in [0.1, 0.15) is 12.6 Å². The molecule has 4 rings (SSSR count). The number of nitrogens with one attached hydrogen (secondary N) is 1. The number of anilines is 1. The molecule has 0 unspecified atom stereocenters. The van der Waals surface area contributed by atoms with Gasteiger partial charge in [-0.25, -0.2) is 8.42 Å². The van der Waals surface area contributed by atoms with Crippen molar-refractivity contribution in [2.75, 3.05) is 17.4 Å². The van der Waals surface area contributed by atoms with Gasteiger partial charge in [0, 0.05) is 29.6 Å². The number of unbranched alkanes of at least 4 members (excludes halogenated alkanes) is 1. The predicted molar refractivity (Wildman–Crippen MR) is 186 cm³/mol. The molecule has 4 aromatic rings. The quantitative estimate of drug-likeness (QED) is 0.141. The van der Waals surface area contributed by atoms with Gasteiger partial charge in [-0.05, 0) is 78.9 Å². The normalized spacial score (nSPS) is 11.9. The highest BCUT2D eigenvalue weighted by Gasteiger charge is 2.35. The highest BCUT2D eigenvalue weighted by atomic mass is 35.5. The number of sulfonamides is 1. The number of benzene rings is 4. The molecule has 0 saturated carbocycles. The molecule has 0 heterocycles. The lowest BCUT2D eigenvalue weighted by Crippen LogP contribution is -2.53. The van der Waals surface area contributed by atoms with Gasteiger partial charge in [0.2, 0.25) is 11.8 Å². The lowest BCUT2D eigenvalue weighted by atomic mass is 10.0. The van der Waals surface area contributed by atoms with E-state index in [-0.39, 0.29) is 23.8 Å². The van der Waals surface area contributed by atoms with Gasteiger partial charge in [-0.15, -0.1) is 0 Å². The Bertz CT molecular complexity index is 1750. The molecular formula is C36H39Cl2N3O4S. The van der Waals surface area contributed by atoms with Crippen LogP contribution in [0.3, 0.4) is 0 Å². The van der Waals surface area contributed by atoms with E-state index < -0.39 is 28.5 Å². The average Bonchev–Trinajstić information content (AvgIpc) is 3.04. The lowest BCUT2D eigenvalue weighted by Gasteiger charge is -2.34. The second-order valence-electron chi connectivity index (χ2n) is 11.2. The van der Waals surface area contributed by atoms with Crippen LogP contribution in [-0.2, 0) is 32.6 Å². The Morgan fingerprint density at radius 3 is 2.15 bits per heavy atom. The Balaban J connectivity index is 1.82. The standard InChI is InChI=1S/C36H39Cl2N3O4S/c1-4-5-20-39-36(43)34(22-28-12-8-6-9-13-28)40(24-29-17-18-30(37)23-33(29)38)35(42)25-41(31-19-16-26(2)27(3)21-31)46(44,45)32-14-10-7-11-15-32/h6-19,21,23,34H,4-5,20,22,24-25H2,1-3H3,(H,39,43)/t34-/m1/s1. The summed E-state index contributed by atoms with van der Waals surface area (Å²) in [7, 11) is -4.18. The van der Waals surface area contributed by atoms with Crippen molar-refractivity contribution >= 4 is 50.7 Å². The van der Waals surface area contributed by atoms with Gasteiger partial charge in [-0.2, -0.15) is 0 Å². The summed E-state index contributed by atoms with van der Waals surface area (Å²) >= 11 is 12.8. The zero-order valence-corrected chi connectivity index (χ0v) is 28.6. The monoisotopic (exact) mass is 679 g/mol. The van der Waals surface area contributed by atoms with E-state index in [0.29, 0.717) is 27.8 Å². The van der Waals surface area contributed by atoms with Crippen LogP contribution in [0, 0.1) is 13.8 Å². The molecule has 4 aromatic carbocycles. The first-order valence-corrected chi connectivity index (χ1v) is 17.4. The summed E-state index contributed by atoms with van der Waals surface area (Å²) in [5.74, 6) is -0.894. The van der Waals surface area contributed by atoms with Gasteiger partial charge in [0.15, 0.2) is 0 Å². The van der Waals surface area contributed by atoms with E-state index in [4.69, 9.17) is 23.2 Å². The maximum absolute atomic E-state index is 14.6. The molecule has 10 heteroatoms. The largest absolute Gasteiger partial charge is 0.354 e. The second-order valence-corrected chi connectivity index (χ2v) is 13.9. The van der Waals surface area contributed by atoms with Crippen molar-refractivity contribution in [3.05, 3.63) is 129 Å². The van der Waals surface area contributed by atoms with Gasteiger partial charge in [0.05, 0.1) is 10.6 Å². The Morgan fingerprint density at radius 1 is 0.848 bits per heavy atom. The van der Waals surface area contributed by atoms with Crippen molar-refractivity contribution in [1.29, 1.82) is 0 Å². The second kappa shape index (κ2) is 16.1. The van der Waals surface area contributed by atoms with E-state index >= 15 is 0 Å². The zero-order chi connectivity index (χ0) is 33.3. The minimum atomic E-state index is -4.18. The van der Waals surface area contributed by atoms with E-state index in [2.05, 4.69) is 5.32 Å². The van der Waals surface area contributed by atoms with Crippen LogP contribution < -0.4 is 9.62 Å². The molecular weight excluding hydrogens is 641 g/mol. The number of hydrogen-bond donors (Lipinski definition) is 1. The third kappa shape index (κ3) is 8.90. The van der Waals surface area contributed by atoms with Crippen molar-refractivity contribution in [2.24, 2.45) is 0 Å². The average molecular weight is 681 g/mol. The van der Waals surface area contributed by atoms with Crippen LogP contribution in [0.2, 0.25) is 10.0 Å². The maximum Gasteiger partial charge on any atom is 0.264 e. The summed E-state index contributed by atoms with van der Waals surface area (Å²) in [6, 6.07) is 26.7. The van der Waals surface area contributed by atoms with E-state index in [1.165, 1.54) is 17.0 Å². The van der Waals surface area contributed by atoms with Gasteiger partial charge >= 0.3 is 0 Å². The molecule has 2 amide bonds. The molecule has 0 fully saturated rings. The molecule has 0 bridgehead atoms. The SMILES string of the molecule is CCCCNC(=O)[C@@H](Cc1ccccc1)N(Cc1ccc(Cl)cc1Cl)C(=O)CN(c1ccc(C)c(C)c1)S(=O)(=O)c1ccccc1. The summed E-state index contributed by atoms with van der Waals surface area (Å²) in [4.78, 5) is 29.9. The molecule has 0 saturated heterocycles. The van der Waals surface area contributed by atoms with Crippen LogP contribution in [0.4, 0.5) is 5.69 Å². The lowest BCUT2D eigenvalue weighted by molar-refractivity contribution is -0.140. The first-order valence-electron chi connectivity index (χ1n) is 15.2. The number of carbonyl (C=O) groups is 2. The number of aryl methyl sites for hydroxylation is 2. The smallest absolute Gasteiger partial charge is 0.264 e. The summed E-state index contributed by atoms with van der Waals surface area (Å²) in [5, 5.41) is 3.75. The predicted octanol–water partition coefficient (Wildman–Crippen LogP) is 7.36. The topological polar surface area (TPSA) is 86.8 Å². The van der Waals surface area contributed by atoms with Gasteiger partial charge < -0.3 is 10.2 Å². The number of hydrogen-bond acceptors (Lipinski definition) is 4. The summed E-state index contributed by atoms with van der Waals surface area (Å²) in [5.41, 5.74) is 3.62. The maximum atomic E-state index is 14.6. The number of rotatable bonds is 14. The molecule has 1 atom stereocenters. The van der Waals surface area contributed by atoms with Crippen LogP contribution in [0.15, 0.2) is 102 Å². The van der Waals surface area contributed by atoms with Gasteiger partial charge in [-0.1, -0.05) is 97.2 Å². The Labute approximate surface area is 282 Å². The highest BCUT2D eigenvalue weighted by Crippen LogP contribution is 2.28. The molecule has 0 radical (unpaired) electrons. The molecule has 0 aromatic heterocycles. The van der Waals surface area contributed by atoms with Crippen LogP contribution in [0.25, 0.3) is 0 Å². The van der Waals surface area contributed by atoms with Crippen LogP contribution in [0.5, 0.6) is 0 Å². The minimum Gasteiger partial charge on any atom is -0.354 e. The molecule has 0 aliphatic carbocycles. The number of amides is 2. The van der Waals surface area contributed by atoms with E-state index in [1.807, 2.05) is 57.2 Å². The van der Waals surface area contributed by atoms with Crippen molar-refractivity contribution in [3.8, 4) is 0 Å². The number of nitrogens with zero attached hydrogens (tertiary/aromatic N) is 2. The third-order valence-corrected chi connectivity index (χ3v) is 10.2. The summed E-state index contributed by atoms with van der Waals surface area (Å²) < 4.78 is 29.4. The molecule has 0 aliphatic heterocycles. The molecule has 46 heavy (non-hydrogen) atoms. The fraction of sp³-hybridized carbons (Fsp3) is 0.278. The Morgan fingerprint density at radius 2 is 1.52 bits per heavy atom. The third-order valence-electron chi connectivity index (χ3n) is 7.85. The summed E-state index contributed by atoms with van der Waals surface area (Å²) in [6.45, 7) is 5.71. The zero-order valence-electron chi connectivity index (χ0n) is 26.2. The number of carbonyl (C=O) groups excluding carboxylic acids is 2. The van der Waals surface area contributed by atoms with E-state index in [0.717, 1.165) is 33.8 Å². The minimum absolute atomic E-state index is 0.0420. The molecule has 0 spiro atoms. The first kappa shape index (κ1) is 35.0. The molecule has 7 nitrogen and oxygen atoms in total. The Kier molecular flexibility index (Phi) is 12.3. The molecule has 1 N–H and O–H groups in total. The van der Waals surface area contributed by atoms with Crippen LogP contribution in [-0.4, -0.2) is 44.3 Å². The Hall–Kier alpha value is -3.85. The van der Waals surface area contributed by atoms with Crippen molar-refractivity contribution in [1.82, 2.24) is 10.2 Å². The van der Waals surface area contributed by atoms with Crippen molar-refractivity contribution in [3.63, 3.8) is 0 Å². The van der Waals surface area contributed by atoms with Gasteiger partial charge in [0.25, 0.3) is 10.0 Å². The fourth-order valence-electron chi connectivity index (χ4n) is 5.02. The summed E-state index contributed by atoms with van der Waals surface area (Å²) in [6.07, 6.45) is 1.87. The van der Waals surface area contributed by atoms with Crippen LogP contribution in [0.1, 0.15) is 42.0 Å². The van der Waals surface area contributed by atoms with Crippen molar-refractivity contribution < 1.29 is 18.0 Å². The highest BCUT2D eigenvalue weighted by molar-refractivity contribution is 7.92. The molecule has 0 aliphatic rings. The van der Waals surface area contributed by atoms with Gasteiger partial charge in [-0.3, -0.25) is 13.9 Å². The fourth-order valence-corrected chi connectivity index (χ4v) is 6.92. The van der Waals surface area contributed by atoms with E-state index in [1.54, 1.807) is 48.5 Å². The number of halogens is 2. The molecule has 242 valence electrons. The first-order chi connectivity index (χ1) is 22.0. The van der Waals surface area contributed by atoms with Crippen LogP contribution >= 0.6 is 23.2 Å². The van der Waals surface area contributed by atoms with E-state index in [9.17, 15) is 18.0 Å². The van der Waals surface area contributed by atoms with Crippen molar-refractivity contribution in [2.45, 2.75) is 57.5 Å².